The van der Waals surface area contributed by atoms with Crippen molar-refractivity contribution in [1.29, 1.82) is 0 Å². The maximum Gasteiger partial charge on any atom is 0.228 e. The van der Waals surface area contributed by atoms with Crippen molar-refractivity contribution in [1.82, 2.24) is 0 Å². The van der Waals surface area contributed by atoms with Gasteiger partial charge in [-0.15, -0.1) is 0 Å². The summed E-state index contributed by atoms with van der Waals surface area (Å²) in [7, 11) is 0. The van der Waals surface area contributed by atoms with Crippen LogP contribution in [0.25, 0.3) is 0 Å². The molecule has 4 saturated carbocycles. The molecule has 4 heterocycles. The van der Waals surface area contributed by atoms with Crippen LogP contribution in [0, 0.1) is 40.4 Å². The van der Waals surface area contributed by atoms with E-state index in [9.17, 15) is 61.3 Å². The zero-order valence-electron chi connectivity index (χ0n) is 37.1. The third-order valence-electron chi connectivity index (χ3n) is 17.3. The van der Waals surface area contributed by atoms with Gasteiger partial charge in [-0.2, -0.15) is 0 Å². The molecule has 0 bridgehead atoms. The molecular weight excluding hydrogens is 844 g/mol. The summed E-state index contributed by atoms with van der Waals surface area (Å²) < 4.78 is 43.3. The van der Waals surface area contributed by atoms with Crippen molar-refractivity contribution in [2.75, 3.05) is 19.8 Å². The van der Waals surface area contributed by atoms with Crippen LogP contribution in [0.4, 0.5) is 0 Å². The van der Waals surface area contributed by atoms with Crippen molar-refractivity contribution in [2.24, 2.45) is 40.4 Å². The SMILES string of the molecule is CC1=C(CC[C@@H](C)CO[C@@H]2OC(=CO)[C@@H](O)[C@H](O)[C@H]2O)O[C@H]2CC3(O[C@@H]4O[C@H](CO)[C@H](O)[C@H](O[C@@H]5O[C@H](CO)[C@@H](O)[C@H](O)[C@H]5O)[C@H]4O)[C@@H]4CCC5C[C@@H](O)CC[C@]5(C)[C@H]4CC[C@]3(C)[C@@H]12. The van der Waals surface area contributed by atoms with Gasteiger partial charge < -0.3 is 94.4 Å². The summed E-state index contributed by atoms with van der Waals surface area (Å²) in [6.45, 7) is 7.39. The fourth-order valence-electron chi connectivity index (χ4n) is 13.6. The van der Waals surface area contributed by atoms with Gasteiger partial charge >= 0.3 is 0 Å². The van der Waals surface area contributed by atoms with E-state index >= 15 is 0 Å². The molecule has 0 aromatic heterocycles. The van der Waals surface area contributed by atoms with Crippen LogP contribution in [0.5, 0.6) is 0 Å². The van der Waals surface area contributed by atoms with E-state index in [0.29, 0.717) is 37.9 Å². The van der Waals surface area contributed by atoms with E-state index in [1.807, 2.05) is 6.92 Å². The molecule has 8 rings (SSSR count). The molecule has 0 amide bonds. The van der Waals surface area contributed by atoms with Crippen LogP contribution in [-0.2, 0) is 33.2 Å². The molecule has 4 aliphatic heterocycles. The molecule has 64 heavy (non-hydrogen) atoms. The minimum absolute atomic E-state index is 0.0245. The van der Waals surface area contributed by atoms with Crippen molar-refractivity contribution in [3.63, 3.8) is 0 Å². The second kappa shape index (κ2) is 18.6. The molecule has 24 atom stereocenters. The van der Waals surface area contributed by atoms with Gasteiger partial charge in [-0.05, 0) is 93.0 Å². The Labute approximate surface area is 373 Å². The Bertz CT molecular complexity index is 1700. The average Bonchev–Trinajstić information content (AvgIpc) is 3.73. The van der Waals surface area contributed by atoms with E-state index in [-0.39, 0.29) is 53.7 Å². The molecule has 3 saturated heterocycles. The fourth-order valence-corrected chi connectivity index (χ4v) is 13.6. The molecule has 0 spiro atoms. The lowest BCUT2D eigenvalue weighted by Gasteiger charge is -2.65. The predicted molar refractivity (Wildman–Crippen MR) is 219 cm³/mol. The van der Waals surface area contributed by atoms with E-state index < -0.39 is 110 Å². The van der Waals surface area contributed by atoms with Gasteiger partial charge in [0.05, 0.1) is 37.3 Å². The van der Waals surface area contributed by atoms with Crippen molar-refractivity contribution < 1.29 is 94.4 Å². The molecule has 2 unspecified atom stereocenters. The molecule has 0 aromatic rings. The van der Waals surface area contributed by atoms with Gasteiger partial charge in [-0.3, -0.25) is 0 Å². The number of hydrogen-bond acceptors (Lipinski definition) is 19. The Morgan fingerprint density at radius 1 is 0.750 bits per heavy atom. The van der Waals surface area contributed by atoms with E-state index in [0.717, 1.165) is 49.9 Å². The summed E-state index contributed by atoms with van der Waals surface area (Å²) in [5.41, 5.74) is -0.505. The van der Waals surface area contributed by atoms with E-state index in [1.54, 1.807) is 0 Å². The first kappa shape index (κ1) is 48.7. The van der Waals surface area contributed by atoms with Crippen molar-refractivity contribution in [2.45, 2.75) is 196 Å². The highest BCUT2D eigenvalue weighted by molar-refractivity contribution is 5.31. The predicted octanol–water partition coefficient (Wildman–Crippen LogP) is -0.676. The lowest BCUT2D eigenvalue weighted by Crippen LogP contribution is -2.68. The third-order valence-corrected chi connectivity index (χ3v) is 17.3. The van der Waals surface area contributed by atoms with Gasteiger partial charge in [-0.25, -0.2) is 0 Å². The molecular formula is C45H72O19. The molecule has 0 radical (unpaired) electrons. The normalized spacial score (nSPS) is 52.6. The number of aliphatic hydroxyl groups excluding tert-OH is 12. The Morgan fingerprint density at radius 2 is 1.44 bits per heavy atom. The lowest BCUT2D eigenvalue weighted by molar-refractivity contribution is -0.384. The second-order valence-electron chi connectivity index (χ2n) is 20.8. The quantitative estimate of drug-likeness (QED) is 0.108. The van der Waals surface area contributed by atoms with Gasteiger partial charge in [0.2, 0.25) is 6.29 Å². The number of fused-ring (bicyclic) bond motifs is 7. The first-order valence-electron chi connectivity index (χ1n) is 23.3. The first-order chi connectivity index (χ1) is 30.3. The zero-order valence-corrected chi connectivity index (χ0v) is 37.1. The number of ether oxygens (including phenoxy) is 7. The largest absolute Gasteiger partial charge is 0.512 e. The summed E-state index contributed by atoms with van der Waals surface area (Å²) in [4.78, 5) is 0. The molecule has 7 fully saturated rings. The van der Waals surface area contributed by atoms with Gasteiger partial charge in [-0.1, -0.05) is 20.8 Å². The van der Waals surface area contributed by atoms with Crippen LogP contribution < -0.4 is 0 Å². The summed E-state index contributed by atoms with van der Waals surface area (Å²) in [6, 6.07) is 0. The van der Waals surface area contributed by atoms with Crippen LogP contribution in [0.2, 0.25) is 0 Å². The third kappa shape index (κ3) is 8.03. The molecule has 8 aliphatic rings. The van der Waals surface area contributed by atoms with Crippen LogP contribution in [0.15, 0.2) is 23.4 Å². The van der Waals surface area contributed by atoms with E-state index in [4.69, 9.17) is 33.2 Å². The molecule has 366 valence electrons. The maximum atomic E-state index is 12.1. The highest BCUT2D eigenvalue weighted by Gasteiger charge is 2.74. The second-order valence-corrected chi connectivity index (χ2v) is 20.8. The van der Waals surface area contributed by atoms with Crippen molar-refractivity contribution >= 4 is 0 Å². The topological polar surface area (TPSA) is 307 Å². The fraction of sp³-hybridized carbons (Fsp3) is 0.911. The smallest absolute Gasteiger partial charge is 0.228 e. The minimum Gasteiger partial charge on any atom is -0.512 e. The molecule has 19 heteroatoms. The molecule has 0 aromatic carbocycles. The highest BCUT2D eigenvalue weighted by Crippen LogP contribution is 2.73. The van der Waals surface area contributed by atoms with Crippen molar-refractivity contribution in [3.05, 3.63) is 23.4 Å². The summed E-state index contributed by atoms with van der Waals surface area (Å²) in [5, 5.41) is 126. The minimum atomic E-state index is -1.82. The van der Waals surface area contributed by atoms with Crippen LogP contribution in [-0.4, -0.2) is 185 Å². The Morgan fingerprint density at radius 3 is 2.14 bits per heavy atom. The molecule has 19 nitrogen and oxygen atoms in total. The average molecular weight is 917 g/mol. The van der Waals surface area contributed by atoms with Gasteiger partial charge in [0, 0.05) is 24.2 Å². The number of hydrogen-bond donors (Lipinski definition) is 12. The van der Waals surface area contributed by atoms with Crippen molar-refractivity contribution in [3.8, 4) is 0 Å². The van der Waals surface area contributed by atoms with Gasteiger partial charge in [0.1, 0.15) is 79.5 Å². The Balaban J connectivity index is 1.05. The Kier molecular flexibility index (Phi) is 14.2. The lowest BCUT2D eigenvalue weighted by atomic mass is 9.43. The number of rotatable bonds is 12. The van der Waals surface area contributed by atoms with E-state index in [1.165, 1.54) is 0 Å². The van der Waals surface area contributed by atoms with Crippen LogP contribution in [0.1, 0.15) is 91.9 Å². The molecule has 4 aliphatic carbocycles. The van der Waals surface area contributed by atoms with Crippen LogP contribution in [0.3, 0.4) is 0 Å². The maximum absolute atomic E-state index is 12.1. The zero-order chi connectivity index (χ0) is 46.2. The monoisotopic (exact) mass is 916 g/mol. The standard InChI is InChI=1S/C45H72O19/c1-19(18-58-40-36(55)34(53)31(50)27(15-46)60-40)5-8-25-20(2)30-26(59-25)14-45(24-7-6-21-13-22(49)9-11-43(21,3)23(24)10-12-44(30,45)4)64-42-38(57)39(33(52)29(17-48)62-42)63-41-37(56)35(54)32(51)28(16-47)61-41/h15,19,21-24,26,28-42,46-57H,5-14,16-18H2,1-4H3/t19-,21?,22+,23+,24-,26+,28-,29-,30+,31-,32-,33+,34+,35+,36-,37-,38-,39+,40-,41+,42+,43+,44-,45?/m1/s1. The highest BCUT2D eigenvalue weighted by atomic mass is 16.7. The summed E-state index contributed by atoms with van der Waals surface area (Å²) in [5.74, 6) is 0.925. The number of allylic oxidation sites excluding steroid dienone is 1. The van der Waals surface area contributed by atoms with Gasteiger partial charge in [0.25, 0.3) is 0 Å². The molecule has 12 N–H and O–H groups in total. The summed E-state index contributed by atoms with van der Waals surface area (Å²) in [6.07, 6.45) is -14.7. The first-order valence-corrected chi connectivity index (χ1v) is 23.3. The Hall–Kier alpha value is -1.76. The number of aliphatic hydroxyl groups is 12. The summed E-state index contributed by atoms with van der Waals surface area (Å²) >= 11 is 0. The van der Waals surface area contributed by atoms with Crippen LogP contribution >= 0.6 is 0 Å². The van der Waals surface area contributed by atoms with E-state index in [2.05, 4.69) is 20.8 Å². The van der Waals surface area contributed by atoms with Gasteiger partial charge in [0.15, 0.2) is 18.3 Å².